The summed E-state index contributed by atoms with van der Waals surface area (Å²) in [7, 11) is 0. The maximum absolute atomic E-state index is 12.5. The van der Waals surface area contributed by atoms with Gasteiger partial charge in [-0.1, -0.05) is 11.6 Å². The summed E-state index contributed by atoms with van der Waals surface area (Å²) in [4.78, 5) is 23.1. The molecule has 0 spiro atoms. The van der Waals surface area contributed by atoms with Crippen LogP contribution in [0.1, 0.15) is 13.8 Å². The van der Waals surface area contributed by atoms with Gasteiger partial charge in [0.2, 0.25) is 0 Å². The van der Waals surface area contributed by atoms with E-state index in [-0.39, 0.29) is 6.03 Å². The summed E-state index contributed by atoms with van der Waals surface area (Å²) >= 11 is 6.09. The van der Waals surface area contributed by atoms with E-state index in [4.69, 9.17) is 11.6 Å². The van der Waals surface area contributed by atoms with Gasteiger partial charge in [0.1, 0.15) is 0 Å². The van der Waals surface area contributed by atoms with Gasteiger partial charge in [-0.05, 0) is 62.4 Å². The van der Waals surface area contributed by atoms with Crippen LogP contribution in [0.25, 0.3) is 10.9 Å². The number of piperazine rings is 1. The van der Waals surface area contributed by atoms with Gasteiger partial charge in [-0.25, -0.2) is 4.79 Å². The number of nitrogens with one attached hydrogen (secondary N) is 1. The standard InChI is InChI=1S/C24H28ClN5O/c1-3-28(4-2)24(31)30-15-13-29(14-16-30)20-8-6-19(7-9-20)27-22-11-12-26-23-17-18(25)5-10-21(22)23/h5-12,17H,3-4,13-16H2,1-2H3,(H,26,27). The second kappa shape index (κ2) is 9.43. The molecule has 1 saturated heterocycles. The van der Waals surface area contributed by atoms with Crippen molar-refractivity contribution in [3.63, 3.8) is 0 Å². The number of carbonyl (C=O) groups excluding carboxylic acids is 1. The lowest BCUT2D eigenvalue weighted by Gasteiger charge is -2.38. The Morgan fingerprint density at radius 3 is 2.42 bits per heavy atom. The zero-order valence-electron chi connectivity index (χ0n) is 18.0. The van der Waals surface area contributed by atoms with Gasteiger partial charge in [-0.2, -0.15) is 0 Å². The highest BCUT2D eigenvalue weighted by atomic mass is 35.5. The van der Waals surface area contributed by atoms with Gasteiger partial charge in [0, 0.05) is 72.9 Å². The van der Waals surface area contributed by atoms with Gasteiger partial charge in [0.25, 0.3) is 0 Å². The number of hydrogen-bond acceptors (Lipinski definition) is 4. The minimum absolute atomic E-state index is 0.148. The number of halogens is 1. The SMILES string of the molecule is CCN(CC)C(=O)N1CCN(c2ccc(Nc3ccnc4cc(Cl)ccc34)cc2)CC1. The monoisotopic (exact) mass is 437 g/mol. The topological polar surface area (TPSA) is 51.7 Å². The molecule has 162 valence electrons. The first-order chi connectivity index (χ1) is 15.1. The minimum Gasteiger partial charge on any atom is -0.368 e. The number of aromatic nitrogens is 1. The van der Waals surface area contributed by atoms with E-state index >= 15 is 0 Å². The van der Waals surface area contributed by atoms with E-state index < -0.39 is 0 Å². The van der Waals surface area contributed by atoms with Gasteiger partial charge < -0.3 is 20.0 Å². The fourth-order valence-corrected chi connectivity index (χ4v) is 4.16. The number of benzene rings is 2. The summed E-state index contributed by atoms with van der Waals surface area (Å²) in [5.74, 6) is 0. The highest BCUT2D eigenvalue weighted by molar-refractivity contribution is 6.31. The Morgan fingerprint density at radius 2 is 1.74 bits per heavy atom. The molecule has 0 radical (unpaired) electrons. The molecule has 31 heavy (non-hydrogen) atoms. The van der Waals surface area contributed by atoms with Crippen LogP contribution in [0.5, 0.6) is 0 Å². The van der Waals surface area contributed by atoms with Crippen molar-refractivity contribution in [3.8, 4) is 0 Å². The van der Waals surface area contributed by atoms with Crippen LogP contribution in [-0.2, 0) is 0 Å². The molecule has 3 aromatic rings. The molecule has 0 bridgehead atoms. The van der Waals surface area contributed by atoms with Gasteiger partial charge in [-0.15, -0.1) is 0 Å². The molecule has 6 nitrogen and oxygen atoms in total. The largest absolute Gasteiger partial charge is 0.368 e. The van der Waals surface area contributed by atoms with E-state index in [0.717, 1.165) is 61.5 Å². The van der Waals surface area contributed by atoms with Crippen molar-refractivity contribution in [1.82, 2.24) is 14.8 Å². The lowest BCUT2D eigenvalue weighted by molar-refractivity contribution is 0.154. The molecule has 4 rings (SSSR count). The lowest BCUT2D eigenvalue weighted by Crippen LogP contribution is -2.52. The van der Waals surface area contributed by atoms with E-state index in [0.29, 0.717) is 5.02 Å². The molecule has 1 aliphatic heterocycles. The van der Waals surface area contributed by atoms with Crippen molar-refractivity contribution >= 4 is 45.6 Å². The quantitative estimate of drug-likeness (QED) is 0.594. The van der Waals surface area contributed by atoms with Crippen LogP contribution in [0.4, 0.5) is 21.9 Å². The number of carbonyl (C=O) groups is 1. The normalized spacial score (nSPS) is 14.0. The maximum Gasteiger partial charge on any atom is 0.320 e. The van der Waals surface area contributed by atoms with Crippen LogP contribution < -0.4 is 10.2 Å². The third-order valence-electron chi connectivity index (χ3n) is 5.80. The highest BCUT2D eigenvalue weighted by Gasteiger charge is 2.24. The number of rotatable bonds is 5. The highest BCUT2D eigenvalue weighted by Crippen LogP contribution is 2.28. The molecular weight excluding hydrogens is 410 g/mol. The van der Waals surface area contributed by atoms with E-state index in [1.165, 1.54) is 5.69 Å². The summed E-state index contributed by atoms with van der Waals surface area (Å²) in [6.45, 7) is 8.74. The number of urea groups is 1. The smallest absolute Gasteiger partial charge is 0.320 e. The lowest BCUT2D eigenvalue weighted by atomic mass is 10.1. The second-order valence-electron chi connectivity index (χ2n) is 7.62. The average molecular weight is 438 g/mol. The van der Waals surface area contributed by atoms with E-state index in [1.807, 2.05) is 47.9 Å². The first-order valence-corrected chi connectivity index (χ1v) is 11.2. The number of anilines is 3. The molecule has 1 fully saturated rings. The summed E-state index contributed by atoms with van der Waals surface area (Å²) in [5, 5.41) is 5.20. The van der Waals surface area contributed by atoms with Crippen molar-refractivity contribution in [2.24, 2.45) is 0 Å². The Morgan fingerprint density at radius 1 is 1.03 bits per heavy atom. The number of fused-ring (bicyclic) bond motifs is 1. The third kappa shape index (κ3) is 4.69. The van der Waals surface area contributed by atoms with Crippen LogP contribution in [0.2, 0.25) is 5.02 Å². The molecule has 1 N–H and O–H groups in total. The molecule has 7 heteroatoms. The van der Waals surface area contributed by atoms with Crippen molar-refractivity contribution in [3.05, 3.63) is 59.8 Å². The summed E-state index contributed by atoms with van der Waals surface area (Å²) in [5.41, 5.74) is 4.05. The second-order valence-corrected chi connectivity index (χ2v) is 8.06. The van der Waals surface area contributed by atoms with Crippen LogP contribution >= 0.6 is 11.6 Å². The molecule has 0 aliphatic carbocycles. The molecule has 2 heterocycles. The Hall–Kier alpha value is -2.99. The molecule has 2 aromatic carbocycles. The van der Waals surface area contributed by atoms with Gasteiger partial charge >= 0.3 is 6.03 Å². The number of amides is 2. The van der Waals surface area contributed by atoms with Gasteiger partial charge in [0.05, 0.1) is 5.52 Å². The molecule has 2 amide bonds. The van der Waals surface area contributed by atoms with Crippen LogP contribution in [0, 0.1) is 0 Å². The molecule has 1 aromatic heterocycles. The van der Waals surface area contributed by atoms with Crippen molar-refractivity contribution < 1.29 is 4.79 Å². The average Bonchev–Trinajstić information content (AvgIpc) is 2.80. The van der Waals surface area contributed by atoms with Crippen molar-refractivity contribution in [2.45, 2.75) is 13.8 Å². The van der Waals surface area contributed by atoms with E-state index in [9.17, 15) is 4.79 Å². The summed E-state index contributed by atoms with van der Waals surface area (Å²) in [6, 6.07) is 16.3. The fraction of sp³-hybridized carbons (Fsp3) is 0.333. The Labute approximate surface area is 188 Å². The van der Waals surface area contributed by atoms with Crippen molar-refractivity contribution in [2.75, 3.05) is 49.5 Å². The Bertz CT molecular complexity index is 1040. The predicted molar refractivity (Wildman–Crippen MR) is 129 cm³/mol. The fourth-order valence-electron chi connectivity index (χ4n) is 3.99. The number of hydrogen-bond donors (Lipinski definition) is 1. The predicted octanol–water partition coefficient (Wildman–Crippen LogP) is 5.22. The van der Waals surface area contributed by atoms with Gasteiger partial charge in [-0.3, -0.25) is 4.98 Å². The van der Waals surface area contributed by atoms with Crippen LogP contribution in [0.15, 0.2) is 54.7 Å². The Kier molecular flexibility index (Phi) is 6.47. The Balaban J connectivity index is 1.40. The first kappa shape index (κ1) is 21.2. The number of pyridine rings is 1. The summed E-state index contributed by atoms with van der Waals surface area (Å²) < 4.78 is 0. The summed E-state index contributed by atoms with van der Waals surface area (Å²) in [6.07, 6.45) is 1.79. The molecule has 0 unspecified atom stereocenters. The van der Waals surface area contributed by atoms with Gasteiger partial charge in [0.15, 0.2) is 0 Å². The zero-order valence-corrected chi connectivity index (χ0v) is 18.8. The first-order valence-electron chi connectivity index (χ1n) is 10.8. The van der Waals surface area contributed by atoms with Crippen LogP contribution in [-0.4, -0.2) is 60.1 Å². The third-order valence-corrected chi connectivity index (χ3v) is 6.04. The minimum atomic E-state index is 0.148. The molecular formula is C24H28ClN5O. The van der Waals surface area contributed by atoms with E-state index in [1.54, 1.807) is 6.20 Å². The number of nitrogens with zero attached hydrogens (tertiary/aromatic N) is 4. The molecule has 0 atom stereocenters. The molecule has 1 aliphatic rings. The van der Waals surface area contributed by atoms with E-state index in [2.05, 4.69) is 39.5 Å². The van der Waals surface area contributed by atoms with Crippen molar-refractivity contribution in [1.29, 1.82) is 0 Å². The molecule has 0 saturated carbocycles. The van der Waals surface area contributed by atoms with Crippen LogP contribution in [0.3, 0.4) is 0 Å². The maximum atomic E-state index is 12.5. The zero-order chi connectivity index (χ0) is 21.8.